The number of carbonyl (C=O) groups excluding carboxylic acids is 1. The number of carboxylic acids is 1. The van der Waals surface area contributed by atoms with Crippen molar-refractivity contribution in [1.29, 1.82) is 0 Å². The van der Waals surface area contributed by atoms with Crippen molar-refractivity contribution in [2.75, 3.05) is 0 Å². The van der Waals surface area contributed by atoms with Crippen molar-refractivity contribution >= 4 is 33.7 Å². The van der Waals surface area contributed by atoms with Crippen LogP contribution in [0.3, 0.4) is 0 Å². The topological polar surface area (TPSA) is 93.7 Å². The molecule has 2 unspecified atom stereocenters. The highest BCUT2D eigenvalue weighted by Crippen LogP contribution is 2.35. The Labute approximate surface area is 204 Å². The number of aromatic hydroxyl groups is 1. The Morgan fingerprint density at radius 2 is 1.57 bits per heavy atom. The second-order valence-electron chi connectivity index (χ2n) is 9.13. The number of rotatable bonds is 11. The number of carbonyl (C=O) groups is 2. The summed E-state index contributed by atoms with van der Waals surface area (Å²) in [4.78, 5) is 24.4. The summed E-state index contributed by atoms with van der Waals surface area (Å²) in [6, 6.07) is 14.7. The molecule has 2 aromatic carbocycles. The van der Waals surface area contributed by atoms with Crippen LogP contribution in [0.1, 0.15) is 64.5 Å². The molecule has 184 valence electrons. The van der Waals surface area contributed by atoms with Gasteiger partial charge >= 0.3 is 11.9 Å². The van der Waals surface area contributed by atoms with Crippen LogP contribution < -0.4 is 4.74 Å². The number of ether oxygens (including phenoxy) is 1. The molecule has 0 bridgehead atoms. The summed E-state index contributed by atoms with van der Waals surface area (Å²) in [7, 11) is 0. The fourth-order valence-electron chi connectivity index (χ4n) is 4.78. The van der Waals surface area contributed by atoms with Crippen molar-refractivity contribution in [3.8, 4) is 11.5 Å². The molecule has 2 atom stereocenters. The van der Waals surface area contributed by atoms with Gasteiger partial charge in [0.05, 0.1) is 23.9 Å². The maximum Gasteiger partial charge on any atom is 0.313 e. The summed E-state index contributed by atoms with van der Waals surface area (Å²) in [5.41, 5.74) is 1.71. The number of unbranched alkanes of at least 4 members (excludes halogenated alkanes) is 2. The third kappa shape index (κ3) is 5.34. The van der Waals surface area contributed by atoms with E-state index >= 15 is 0 Å². The first kappa shape index (κ1) is 24.4. The number of esters is 1. The van der Waals surface area contributed by atoms with Crippen LogP contribution in [0.4, 0.5) is 0 Å². The van der Waals surface area contributed by atoms with Crippen LogP contribution >= 0.6 is 0 Å². The van der Waals surface area contributed by atoms with E-state index in [-0.39, 0.29) is 36.6 Å². The Balaban J connectivity index is 1.60. The molecule has 0 aliphatic heterocycles. The van der Waals surface area contributed by atoms with Gasteiger partial charge in [-0.1, -0.05) is 50.5 Å². The lowest BCUT2D eigenvalue weighted by Gasteiger charge is -2.19. The molecular weight excluding hydrogens is 444 g/mol. The Bertz CT molecular complexity index is 1340. The van der Waals surface area contributed by atoms with Crippen molar-refractivity contribution < 1.29 is 24.5 Å². The molecule has 2 N–H and O–H groups in total. The van der Waals surface area contributed by atoms with Gasteiger partial charge in [-0.3, -0.25) is 9.59 Å². The maximum absolute atomic E-state index is 13.2. The molecule has 2 heterocycles. The predicted octanol–water partition coefficient (Wildman–Crippen LogP) is 6.45. The first-order valence-electron chi connectivity index (χ1n) is 12.2. The third-order valence-electron chi connectivity index (χ3n) is 6.53. The Morgan fingerprint density at radius 3 is 2.26 bits per heavy atom. The van der Waals surface area contributed by atoms with E-state index in [9.17, 15) is 19.8 Å². The monoisotopic (exact) mass is 476 g/mol. The molecule has 0 spiro atoms. The standard InChI is InChI=1S/C28H32N2O5/c1-3-4-5-10-20(30-17-25(31)21-11-6-8-13-23(21)30)16-28(34)35-26-18-29(19(2)15-27(32)33)24-14-9-7-12-22(24)26/h6-9,11-14,17-20,31H,3-5,10,15-16H2,1-2H3,(H,32,33). The molecule has 4 rings (SSSR count). The van der Waals surface area contributed by atoms with E-state index in [0.717, 1.165) is 47.5 Å². The molecule has 35 heavy (non-hydrogen) atoms. The van der Waals surface area contributed by atoms with E-state index in [1.165, 1.54) is 0 Å². The van der Waals surface area contributed by atoms with Gasteiger partial charge in [0, 0.05) is 35.2 Å². The third-order valence-corrected chi connectivity index (χ3v) is 6.53. The van der Waals surface area contributed by atoms with Crippen LogP contribution in [-0.2, 0) is 9.59 Å². The molecule has 7 heteroatoms. The SMILES string of the molecule is CCCCCC(CC(=O)Oc1cn(C(C)CC(=O)O)c2ccccc12)n1cc(O)c2ccccc21. The minimum Gasteiger partial charge on any atom is -0.506 e. The number of para-hydroxylation sites is 2. The average Bonchev–Trinajstić information content (AvgIpc) is 3.36. The van der Waals surface area contributed by atoms with Crippen molar-refractivity contribution in [1.82, 2.24) is 9.13 Å². The van der Waals surface area contributed by atoms with E-state index in [4.69, 9.17) is 4.74 Å². The number of carboxylic acid groups (broad SMARTS) is 1. The van der Waals surface area contributed by atoms with Gasteiger partial charge in [0.2, 0.25) is 0 Å². The fraction of sp³-hybridized carbons (Fsp3) is 0.357. The smallest absolute Gasteiger partial charge is 0.313 e. The largest absolute Gasteiger partial charge is 0.506 e. The first-order chi connectivity index (χ1) is 16.9. The van der Waals surface area contributed by atoms with Crippen molar-refractivity contribution in [3.63, 3.8) is 0 Å². The lowest BCUT2D eigenvalue weighted by molar-refractivity contribution is -0.138. The molecule has 0 fully saturated rings. The normalized spacial score (nSPS) is 13.2. The lowest BCUT2D eigenvalue weighted by atomic mass is 10.0. The van der Waals surface area contributed by atoms with E-state index in [1.807, 2.05) is 64.6 Å². The van der Waals surface area contributed by atoms with E-state index in [1.54, 1.807) is 12.4 Å². The van der Waals surface area contributed by atoms with E-state index in [0.29, 0.717) is 5.75 Å². The highest BCUT2D eigenvalue weighted by atomic mass is 16.5. The van der Waals surface area contributed by atoms with Crippen molar-refractivity contribution in [3.05, 3.63) is 60.9 Å². The lowest BCUT2D eigenvalue weighted by Crippen LogP contribution is -2.17. The summed E-state index contributed by atoms with van der Waals surface area (Å²) in [6.45, 7) is 3.97. The summed E-state index contributed by atoms with van der Waals surface area (Å²) in [5, 5.41) is 21.2. The van der Waals surface area contributed by atoms with Gasteiger partial charge in [-0.25, -0.2) is 0 Å². The predicted molar refractivity (Wildman–Crippen MR) is 136 cm³/mol. The molecule has 0 amide bonds. The number of benzene rings is 2. The van der Waals surface area contributed by atoms with Gasteiger partial charge < -0.3 is 24.1 Å². The van der Waals surface area contributed by atoms with Crippen LogP contribution in [0.5, 0.6) is 11.5 Å². The van der Waals surface area contributed by atoms with Gasteiger partial charge in [0.1, 0.15) is 5.75 Å². The zero-order valence-electron chi connectivity index (χ0n) is 20.2. The average molecular weight is 477 g/mol. The number of aromatic nitrogens is 2. The Morgan fingerprint density at radius 1 is 0.914 bits per heavy atom. The minimum absolute atomic E-state index is 0.0320. The summed E-state index contributed by atoms with van der Waals surface area (Å²) in [6.07, 6.45) is 7.44. The van der Waals surface area contributed by atoms with E-state index in [2.05, 4.69) is 6.92 Å². The fourth-order valence-corrected chi connectivity index (χ4v) is 4.78. The van der Waals surface area contributed by atoms with Gasteiger partial charge in [-0.05, 0) is 37.6 Å². The highest BCUT2D eigenvalue weighted by molar-refractivity contribution is 5.90. The molecule has 0 aliphatic carbocycles. The number of hydrogen-bond acceptors (Lipinski definition) is 4. The quantitative estimate of drug-likeness (QED) is 0.192. The Hall–Kier alpha value is -3.74. The van der Waals surface area contributed by atoms with Gasteiger partial charge in [0.15, 0.2) is 5.75 Å². The molecule has 2 aromatic heterocycles. The zero-order valence-corrected chi connectivity index (χ0v) is 20.2. The van der Waals surface area contributed by atoms with Crippen LogP contribution in [0.2, 0.25) is 0 Å². The molecule has 4 aromatic rings. The number of hydrogen-bond donors (Lipinski definition) is 2. The summed E-state index contributed by atoms with van der Waals surface area (Å²) < 4.78 is 9.69. The van der Waals surface area contributed by atoms with Gasteiger partial charge in [-0.2, -0.15) is 0 Å². The van der Waals surface area contributed by atoms with Crippen molar-refractivity contribution in [2.45, 2.75) is 64.5 Å². The van der Waals surface area contributed by atoms with Crippen molar-refractivity contribution in [2.24, 2.45) is 0 Å². The minimum atomic E-state index is -0.883. The molecule has 0 radical (unpaired) electrons. The second-order valence-corrected chi connectivity index (χ2v) is 9.13. The van der Waals surface area contributed by atoms with Crippen LogP contribution in [0, 0.1) is 0 Å². The van der Waals surface area contributed by atoms with Crippen LogP contribution in [0.15, 0.2) is 60.9 Å². The number of aliphatic carboxylic acids is 1. The zero-order chi connectivity index (χ0) is 24.9. The molecule has 0 saturated heterocycles. The number of fused-ring (bicyclic) bond motifs is 2. The summed E-state index contributed by atoms with van der Waals surface area (Å²) >= 11 is 0. The molecular formula is C28H32N2O5. The second kappa shape index (κ2) is 10.7. The van der Waals surface area contributed by atoms with Crippen LogP contribution in [0.25, 0.3) is 21.8 Å². The highest BCUT2D eigenvalue weighted by Gasteiger charge is 2.22. The maximum atomic E-state index is 13.2. The molecule has 7 nitrogen and oxygen atoms in total. The summed E-state index contributed by atoms with van der Waals surface area (Å²) in [5.74, 6) is -0.621. The first-order valence-corrected chi connectivity index (χ1v) is 12.2. The number of nitrogens with zero attached hydrogens (tertiary/aromatic N) is 2. The van der Waals surface area contributed by atoms with Gasteiger partial charge in [-0.15, -0.1) is 0 Å². The molecule has 0 aliphatic rings. The van der Waals surface area contributed by atoms with Gasteiger partial charge in [0.25, 0.3) is 0 Å². The van der Waals surface area contributed by atoms with Crippen LogP contribution in [-0.4, -0.2) is 31.3 Å². The molecule has 0 saturated carbocycles. The van der Waals surface area contributed by atoms with E-state index < -0.39 is 5.97 Å². The Kier molecular flexibility index (Phi) is 7.44.